The van der Waals surface area contributed by atoms with E-state index >= 15 is 0 Å². The fourth-order valence-corrected chi connectivity index (χ4v) is 3.22. The summed E-state index contributed by atoms with van der Waals surface area (Å²) in [6.45, 7) is 4.20. The topological polar surface area (TPSA) is 75.3 Å². The van der Waals surface area contributed by atoms with Crippen LogP contribution in [0.5, 0.6) is 0 Å². The van der Waals surface area contributed by atoms with Crippen LogP contribution in [0.2, 0.25) is 0 Å². The second kappa shape index (κ2) is 8.16. The maximum Gasteiger partial charge on any atom is 0.253 e. The van der Waals surface area contributed by atoms with E-state index in [1.807, 2.05) is 30.3 Å². The second-order valence-corrected chi connectivity index (χ2v) is 8.23. The van der Waals surface area contributed by atoms with Gasteiger partial charge in [0, 0.05) is 0 Å². The molecule has 0 aromatic heterocycles. The standard InChI is InChI=1S/C19H24N2O3S/c1-14(2)13-18(15-9-5-4-6-10-15)20-19(22)16-11-7-8-12-17(16)21-25(3,23)24/h4-12,14,18,21H,13H2,1-3H3,(H,20,22). The van der Waals surface area contributed by atoms with Gasteiger partial charge in [-0.05, 0) is 30.0 Å². The molecule has 0 fully saturated rings. The molecule has 0 saturated carbocycles. The zero-order chi connectivity index (χ0) is 18.4. The molecule has 2 aromatic carbocycles. The number of para-hydroxylation sites is 1. The van der Waals surface area contributed by atoms with Gasteiger partial charge in [0.05, 0.1) is 23.5 Å². The Balaban J connectivity index is 2.27. The van der Waals surface area contributed by atoms with E-state index in [0.29, 0.717) is 11.5 Å². The van der Waals surface area contributed by atoms with Gasteiger partial charge in [0.1, 0.15) is 0 Å². The number of anilines is 1. The number of amides is 1. The van der Waals surface area contributed by atoms with Crippen molar-refractivity contribution in [2.45, 2.75) is 26.3 Å². The molecule has 1 unspecified atom stereocenters. The molecule has 6 heteroatoms. The second-order valence-electron chi connectivity index (χ2n) is 6.49. The number of hydrogen-bond acceptors (Lipinski definition) is 3. The van der Waals surface area contributed by atoms with E-state index in [-0.39, 0.29) is 17.6 Å². The monoisotopic (exact) mass is 360 g/mol. The van der Waals surface area contributed by atoms with Gasteiger partial charge in [0.2, 0.25) is 10.0 Å². The van der Waals surface area contributed by atoms with Crippen LogP contribution < -0.4 is 10.0 Å². The van der Waals surface area contributed by atoms with Crippen molar-refractivity contribution in [1.29, 1.82) is 0 Å². The number of benzene rings is 2. The number of carbonyl (C=O) groups excluding carboxylic acids is 1. The number of hydrogen-bond donors (Lipinski definition) is 2. The lowest BCUT2D eigenvalue weighted by molar-refractivity contribution is 0.0933. The number of sulfonamides is 1. The number of rotatable bonds is 7. The predicted octanol–water partition coefficient (Wildman–Crippen LogP) is 3.58. The third kappa shape index (κ3) is 5.90. The highest BCUT2D eigenvalue weighted by Gasteiger charge is 2.19. The summed E-state index contributed by atoms with van der Waals surface area (Å²) in [4.78, 5) is 12.8. The molecule has 5 nitrogen and oxygen atoms in total. The molecule has 2 N–H and O–H groups in total. The molecule has 2 rings (SSSR count). The van der Waals surface area contributed by atoms with Crippen LogP contribution in [-0.2, 0) is 10.0 Å². The summed E-state index contributed by atoms with van der Waals surface area (Å²) in [5.74, 6) is 0.0937. The summed E-state index contributed by atoms with van der Waals surface area (Å²) in [5.41, 5.74) is 1.61. The lowest BCUT2D eigenvalue weighted by Gasteiger charge is -2.22. The van der Waals surface area contributed by atoms with Gasteiger partial charge in [0.25, 0.3) is 5.91 Å². The largest absolute Gasteiger partial charge is 0.345 e. The number of carbonyl (C=O) groups is 1. The Morgan fingerprint density at radius 2 is 1.60 bits per heavy atom. The molecule has 1 amide bonds. The Bertz CT molecular complexity index is 818. The van der Waals surface area contributed by atoms with Crippen LogP contribution in [0.15, 0.2) is 54.6 Å². The quantitative estimate of drug-likeness (QED) is 0.792. The van der Waals surface area contributed by atoms with Crippen molar-refractivity contribution in [2.75, 3.05) is 11.0 Å². The van der Waals surface area contributed by atoms with Crippen LogP contribution in [0, 0.1) is 5.92 Å². The molecule has 1 atom stereocenters. The molecule has 0 aliphatic carbocycles. The molecule has 2 aromatic rings. The van der Waals surface area contributed by atoms with Crippen molar-refractivity contribution in [2.24, 2.45) is 5.92 Å². The molecule has 0 saturated heterocycles. The lowest BCUT2D eigenvalue weighted by Crippen LogP contribution is -2.30. The van der Waals surface area contributed by atoms with Gasteiger partial charge in [0.15, 0.2) is 0 Å². The normalized spacial score (nSPS) is 12.6. The molecule has 0 radical (unpaired) electrons. The zero-order valence-corrected chi connectivity index (χ0v) is 15.5. The minimum Gasteiger partial charge on any atom is -0.345 e. The minimum absolute atomic E-state index is 0.139. The van der Waals surface area contributed by atoms with Crippen LogP contribution in [0.4, 0.5) is 5.69 Å². The molecule has 0 aliphatic rings. The third-order valence-electron chi connectivity index (χ3n) is 3.68. The summed E-state index contributed by atoms with van der Waals surface area (Å²) in [6, 6.07) is 16.2. The van der Waals surface area contributed by atoms with Gasteiger partial charge in [-0.3, -0.25) is 9.52 Å². The Hall–Kier alpha value is -2.34. The van der Waals surface area contributed by atoms with Crippen LogP contribution in [0.25, 0.3) is 0 Å². The van der Waals surface area contributed by atoms with E-state index in [2.05, 4.69) is 23.9 Å². The van der Waals surface area contributed by atoms with E-state index in [4.69, 9.17) is 0 Å². The van der Waals surface area contributed by atoms with E-state index in [9.17, 15) is 13.2 Å². The van der Waals surface area contributed by atoms with E-state index in [0.717, 1.165) is 18.2 Å². The van der Waals surface area contributed by atoms with E-state index in [1.165, 1.54) is 0 Å². The molecule has 25 heavy (non-hydrogen) atoms. The molecular formula is C19H24N2O3S. The van der Waals surface area contributed by atoms with Gasteiger partial charge >= 0.3 is 0 Å². The minimum atomic E-state index is -3.46. The smallest absolute Gasteiger partial charge is 0.253 e. The maximum atomic E-state index is 12.8. The Kier molecular flexibility index (Phi) is 6.20. The Morgan fingerprint density at radius 3 is 2.20 bits per heavy atom. The average Bonchev–Trinajstić information content (AvgIpc) is 2.53. The van der Waals surface area contributed by atoms with Crippen molar-refractivity contribution in [3.8, 4) is 0 Å². The Morgan fingerprint density at radius 1 is 1.00 bits per heavy atom. The summed E-state index contributed by atoms with van der Waals surface area (Å²) < 4.78 is 25.4. The highest BCUT2D eigenvalue weighted by molar-refractivity contribution is 7.92. The van der Waals surface area contributed by atoms with Gasteiger partial charge in [-0.2, -0.15) is 0 Å². The van der Waals surface area contributed by atoms with Crippen LogP contribution in [0.1, 0.15) is 42.2 Å². The van der Waals surface area contributed by atoms with E-state index in [1.54, 1.807) is 24.3 Å². The van der Waals surface area contributed by atoms with Gasteiger partial charge in [-0.25, -0.2) is 8.42 Å². The molecule has 0 heterocycles. The molecule has 0 aliphatic heterocycles. The first-order valence-corrected chi connectivity index (χ1v) is 10.1. The first kappa shape index (κ1) is 19.0. The fourth-order valence-electron chi connectivity index (χ4n) is 2.64. The van der Waals surface area contributed by atoms with Crippen molar-refractivity contribution in [3.63, 3.8) is 0 Å². The maximum absolute atomic E-state index is 12.8. The zero-order valence-electron chi connectivity index (χ0n) is 14.7. The predicted molar refractivity (Wildman–Crippen MR) is 101 cm³/mol. The number of nitrogens with one attached hydrogen (secondary N) is 2. The van der Waals surface area contributed by atoms with Crippen molar-refractivity contribution < 1.29 is 13.2 Å². The third-order valence-corrected chi connectivity index (χ3v) is 4.27. The van der Waals surface area contributed by atoms with Crippen LogP contribution in [0.3, 0.4) is 0 Å². The summed E-state index contributed by atoms with van der Waals surface area (Å²) in [5, 5.41) is 3.03. The highest BCUT2D eigenvalue weighted by Crippen LogP contribution is 2.23. The van der Waals surface area contributed by atoms with Gasteiger partial charge in [-0.15, -0.1) is 0 Å². The molecular weight excluding hydrogens is 336 g/mol. The summed E-state index contributed by atoms with van der Waals surface area (Å²) in [7, 11) is -3.46. The fraction of sp³-hybridized carbons (Fsp3) is 0.316. The molecule has 0 bridgehead atoms. The van der Waals surface area contributed by atoms with Gasteiger partial charge in [-0.1, -0.05) is 56.3 Å². The van der Waals surface area contributed by atoms with Crippen molar-refractivity contribution >= 4 is 21.6 Å². The van der Waals surface area contributed by atoms with Gasteiger partial charge < -0.3 is 5.32 Å². The first-order chi connectivity index (χ1) is 11.8. The van der Waals surface area contributed by atoms with Crippen molar-refractivity contribution in [3.05, 3.63) is 65.7 Å². The van der Waals surface area contributed by atoms with Crippen LogP contribution >= 0.6 is 0 Å². The molecule has 134 valence electrons. The highest BCUT2D eigenvalue weighted by atomic mass is 32.2. The molecule has 0 spiro atoms. The SMILES string of the molecule is CC(C)CC(NC(=O)c1ccccc1NS(C)(=O)=O)c1ccccc1. The van der Waals surface area contributed by atoms with E-state index < -0.39 is 10.0 Å². The first-order valence-electron chi connectivity index (χ1n) is 8.19. The Labute approximate surface area is 149 Å². The lowest BCUT2D eigenvalue weighted by atomic mass is 9.96. The summed E-state index contributed by atoms with van der Waals surface area (Å²) >= 11 is 0. The summed E-state index contributed by atoms with van der Waals surface area (Å²) in [6.07, 6.45) is 1.85. The van der Waals surface area contributed by atoms with Crippen molar-refractivity contribution in [1.82, 2.24) is 5.32 Å². The average molecular weight is 360 g/mol. The van der Waals surface area contributed by atoms with Crippen LogP contribution in [-0.4, -0.2) is 20.6 Å².